The molecule has 0 unspecified atom stereocenters. The van der Waals surface area contributed by atoms with Gasteiger partial charge in [0, 0.05) is 9.13 Å². The lowest BCUT2D eigenvalue weighted by atomic mass is 10.1. The molecular formula is C22H13F3IN3O. The summed E-state index contributed by atoms with van der Waals surface area (Å²) in [5.74, 6) is 0.0339. The number of hydrogen-bond acceptors (Lipinski definition) is 3. The van der Waals surface area contributed by atoms with E-state index in [1.165, 1.54) is 18.3 Å². The SMILES string of the molecule is O=c1c2ccccc2nc(-c2cccc(C(F)(F)F)c2)n1N=Cc1ccc(I)cc1. The van der Waals surface area contributed by atoms with Gasteiger partial charge in [-0.1, -0.05) is 36.4 Å². The summed E-state index contributed by atoms with van der Waals surface area (Å²) < 4.78 is 41.7. The second kappa shape index (κ2) is 8.02. The highest BCUT2D eigenvalue weighted by molar-refractivity contribution is 14.1. The van der Waals surface area contributed by atoms with Gasteiger partial charge >= 0.3 is 6.18 Å². The summed E-state index contributed by atoms with van der Waals surface area (Å²) in [7, 11) is 0. The second-order valence-electron chi connectivity index (χ2n) is 6.44. The van der Waals surface area contributed by atoms with Gasteiger partial charge in [0.25, 0.3) is 5.56 Å². The van der Waals surface area contributed by atoms with Gasteiger partial charge in [-0.05, 0) is 64.6 Å². The van der Waals surface area contributed by atoms with Gasteiger partial charge in [-0.2, -0.15) is 22.9 Å². The third kappa shape index (κ3) is 4.13. The van der Waals surface area contributed by atoms with Crippen molar-refractivity contribution >= 4 is 39.7 Å². The lowest BCUT2D eigenvalue weighted by molar-refractivity contribution is -0.137. The third-order valence-corrected chi connectivity index (χ3v) is 5.11. The summed E-state index contributed by atoms with van der Waals surface area (Å²) in [6, 6.07) is 18.8. The fourth-order valence-corrected chi connectivity index (χ4v) is 3.29. The van der Waals surface area contributed by atoms with Gasteiger partial charge in [-0.15, -0.1) is 0 Å². The Hall–Kier alpha value is -3.01. The van der Waals surface area contributed by atoms with Crippen molar-refractivity contribution in [3.63, 3.8) is 0 Å². The van der Waals surface area contributed by atoms with Crippen LogP contribution in [0.5, 0.6) is 0 Å². The van der Waals surface area contributed by atoms with Crippen molar-refractivity contribution in [2.75, 3.05) is 0 Å². The molecule has 4 nitrogen and oxygen atoms in total. The zero-order valence-corrected chi connectivity index (χ0v) is 17.4. The van der Waals surface area contributed by atoms with Crippen LogP contribution >= 0.6 is 22.6 Å². The summed E-state index contributed by atoms with van der Waals surface area (Å²) in [5.41, 5.74) is -0.0149. The Morgan fingerprint density at radius 3 is 2.43 bits per heavy atom. The number of fused-ring (bicyclic) bond motifs is 1. The van der Waals surface area contributed by atoms with Gasteiger partial charge in [-0.3, -0.25) is 4.79 Å². The van der Waals surface area contributed by atoms with E-state index in [1.54, 1.807) is 24.3 Å². The van der Waals surface area contributed by atoms with Crippen LogP contribution in [0.2, 0.25) is 0 Å². The van der Waals surface area contributed by atoms with Gasteiger partial charge in [0.15, 0.2) is 5.82 Å². The van der Waals surface area contributed by atoms with Gasteiger partial charge in [-0.25, -0.2) is 4.98 Å². The molecule has 4 rings (SSSR count). The summed E-state index contributed by atoms with van der Waals surface area (Å²) in [6.45, 7) is 0. The van der Waals surface area contributed by atoms with Crippen LogP contribution in [0.25, 0.3) is 22.3 Å². The monoisotopic (exact) mass is 519 g/mol. The molecule has 150 valence electrons. The van der Waals surface area contributed by atoms with Crippen molar-refractivity contribution < 1.29 is 13.2 Å². The number of benzene rings is 3. The molecule has 30 heavy (non-hydrogen) atoms. The lowest BCUT2D eigenvalue weighted by Crippen LogP contribution is -2.20. The molecule has 0 atom stereocenters. The Balaban J connectivity index is 1.93. The second-order valence-corrected chi connectivity index (χ2v) is 7.69. The molecule has 0 saturated heterocycles. The molecule has 0 aliphatic heterocycles. The Morgan fingerprint density at radius 2 is 1.70 bits per heavy atom. The Bertz CT molecular complexity index is 1310. The van der Waals surface area contributed by atoms with E-state index in [-0.39, 0.29) is 11.4 Å². The Morgan fingerprint density at radius 1 is 0.967 bits per heavy atom. The van der Waals surface area contributed by atoms with E-state index in [0.29, 0.717) is 10.9 Å². The van der Waals surface area contributed by atoms with Crippen molar-refractivity contribution in [2.24, 2.45) is 5.10 Å². The van der Waals surface area contributed by atoms with Crippen LogP contribution in [0.4, 0.5) is 13.2 Å². The number of para-hydroxylation sites is 1. The Labute approximate surface area is 182 Å². The van der Waals surface area contributed by atoms with Crippen LogP contribution < -0.4 is 5.56 Å². The van der Waals surface area contributed by atoms with E-state index < -0.39 is 17.3 Å². The molecular weight excluding hydrogens is 506 g/mol. The minimum Gasteiger partial charge on any atom is -0.267 e. The molecule has 0 bridgehead atoms. The molecule has 4 aromatic rings. The summed E-state index contributed by atoms with van der Waals surface area (Å²) in [5, 5.41) is 4.58. The maximum Gasteiger partial charge on any atom is 0.416 e. The molecule has 8 heteroatoms. The number of aromatic nitrogens is 2. The zero-order valence-electron chi connectivity index (χ0n) is 15.3. The van der Waals surface area contributed by atoms with Crippen LogP contribution in [0.1, 0.15) is 11.1 Å². The van der Waals surface area contributed by atoms with Gasteiger partial charge in [0.05, 0.1) is 22.7 Å². The third-order valence-electron chi connectivity index (χ3n) is 4.39. The van der Waals surface area contributed by atoms with E-state index >= 15 is 0 Å². The first kappa shape index (κ1) is 20.3. The summed E-state index contributed by atoms with van der Waals surface area (Å²) in [4.78, 5) is 17.5. The highest BCUT2D eigenvalue weighted by Gasteiger charge is 2.30. The van der Waals surface area contributed by atoms with Crippen LogP contribution in [0.15, 0.2) is 82.7 Å². The van der Waals surface area contributed by atoms with Gasteiger partial charge < -0.3 is 0 Å². The molecule has 0 aliphatic carbocycles. The number of halogens is 4. The minimum absolute atomic E-state index is 0.0339. The predicted octanol–water partition coefficient (Wildman–Crippen LogP) is 5.57. The van der Waals surface area contributed by atoms with Crippen LogP contribution in [0, 0.1) is 3.57 Å². The van der Waals surface area contributed by atoms with E-state index in [4.69, 9.17) is 0 Å². The molecule has 0 radical (unpaired) electrons. The van der Waals surface area contributed by atoms with Crippen molar-refractivity contribution in [3.05, 3.63) is 97.8 Å². The molecule has 0 amide bonds. The van der Waals surface area contributed by atoms with E-state index in [0.717, 1.165) is 25.9 Å². The molecule has 3 aromatic carbocycles. The van der Waals surface area contributed by atoms with Crippen molar-refractivity contribution in [1.29, 1.82) is 0 Å². The maximum atomic E-state index is 13.2. The van der Waals surface area contributed by atoms with Crippen LogP contribution in [-0.4, -0.2) is 15.9 Å². The van der Waals surface area contributed by atoms with Crippen LogP contribution in [0.3, 0.4) is 0 Å². The Kier molecular flexibility index (Phi) is 5.42. The first-order valence-electron chi connectivity index (χ1n) is 8.82. The molecule has 0 fully saturated rings. The van der Waals surface area contributed by atoms with Crippen molar-refractivity contribution in [2.45, 2.75) is 6.18 Å². The fourth-order valence-electron chi connectivity index (χ4n) is 2.93. The zero-order chi connectivity index (χ0) is 21.3. The standard InChI is InChI=1S/C22H13F3IN3O/c23-22(24,25)16-5-3-4-15(12-16)20-28-19-7-2-1-6-18(19)21(30)29(20)27-13-14-8-10-17(26)11-9-14/h1-13H. The number of alkyl halides is 3. The number of nitrogens with zero attached hydrogens (tertiary/aromatic N) is 3. The van der Waals surface area contributed by atoms with Crippen molar-refractivity contribution in [3.8, 4) is 11.4 Å². The normalized spacial score (nSPS) is 12.0. The quantitative estimate of drug-likeness (QED) is 0.263. The molecule has 0 aliphatic rings. The topological polar surface area (TPSA) is 47.2 Å². The number of hydrogen-bond donors (Lipinski definition) is 0. The average molecular weight is 519 g/mol. The van der Waals surface area contributed by atoms with E-state index in [1.807, 2.05) is 24.3 Å². The van der Waals surface area contributed by atoms with Crippen LogP contribution in [-0.2, 0) is 6.18 Å². The molecule has 0 saturated carbocycles. The fraction of sp³-hybridized carbons (Fsp3) is 0.0455. The molecule has 1 heterocycles. The number of rotatable bonds is 3. The lowest BCUT2D eigenvalue weighted by Gasteiger charge is -2.12. The first-order chi connectivity index (χ1) is 14.3. The molecule has 0 spiro atoms. The minimum atomic E-state index is -4.51. The van der Waals surface area contributed by atoms with E-state index in [2.05, 4.69) is 32.7 Å². The highest BCUT2D eigenvalue weighted by Crippen LogP contribution is 2.31. The smallest absolute Gasteiger partial charge is 0.267 e. The predicted molar refractivity (Wildman–Crippen MR) is 119 cm³/mol. The van der Waals surface area contributed by atoms with Crippen molar-refractivity contribution in [1.82, 2.24) is 9.66 Å². The average Bonchev–Trinajstić information content (AvgIpc) is 2.74. The van der Waals surface area contributed by atoms with Gasteiger partial charge in [0.1, 0.15) is 0 Å². The highest BCUT2D eigenvalue weighted by atomic mass is 127. The van der Waals surface area contributed by atoms with E-state index in [9.17, 15) is 18.0 Å². The maximum absolute atomic E-state index is 13.2. The molecule has 0 N–H and O–H groups in total. The largest absolute Gasteiger partial charge is 0.416 e. The summed E-state index contributed by atoms with van der Waals surface area (Å²) >= 11 is 2.17. The van der Waals surface area contributed by atoms with Gasteiger partial charge in [0.2, 0.25) is 0 Å². The first-order valence-corrected chi connectivity index (χ1v) is 9.90. The molecule has 1 aromatic heterocycles. The summed E-state index contributed by atoms with van der Waals surface area (Å²) in [6.07, 6.45) is -3.03.